The summed E-state index contributed by atoms with van der Waals surface area (Å²) in [6.07, 6.45) is 10.9. The number of ether oxygens (including phenoxy) is 1. The Morgan fingerprint density at radius 1 is 0.786 bits per heavy atom. The highest BCUT2D eigenvalue weighted by Crippen LogP contribution is 2.36. The predicted octanol–water partition coefficient (Wildman–Crippen LogP) is 4.24. The van der Waals surface area contributed by atoms with E-state index in [0.717, 1.165) is 4.90 Å². The van der Waals surface area contributed by atoms with E-state index in [1.54, 1.807) is 66.7 Å². The molecule has 0 aromatic heterocycles. The first-order valence-electron chi connectivity index (χ1n) is 8.45. The lowest BCUT2D eigenvalue weighted by atomic mass is 10.1. The standard InChI is InChI=1S/C24H13NO3/c1-3-16-8-5-10-18(14-16)25-23(26)20-12-7-13-21(22(20)24(25)27)28-19-11-6-9-17(4-2)15-19/h1-2,5-15H. The number of fused-ring (bicyclic) bond motifs is 1. The van der Waals surface area contributed by atoms with Gasteiger partial charge in [-0.1, -0.05) is 30.0 Å². The molecule has 0 spiro atoms. The summed E-state index contributed by atoms with van der Waals surface area (Å²) in [7, 11) is 0. The number of hydrogen-bond donors (Lipinski definition) is 0. The van der Waals surface area contributed by atoms with Crippen molar-refractivity contribution >= 4 is 17.5 Å². The molecule has 3 aromatic rings. The molecule has 0 radical (unpaired) electrons. The maximum absolute atomic E-state index is 13.1. The van der Waals surface area contributed by atoms with Gasteiger partial charge in [0.25, 0.3) is 11.8 Å². The fourth-order valence-corrected chi connectivity index (χ4v) is 3.09. The molecule has 1 aliphatic heterocycles. The van der Waals surface area contributed by atoms with E-state index < -0.39 is 11.8 Å². The Balaban J connectivity index is 1.76. The monoisotopic (exact) mass is 363 g/mol. The SMILES string of the molecule is C#Cc1cccc(Oc2cccc3c2C(=O)N(c2cccc(C#C)c2)C3=O)c1. The minimum Gasteiger partial charge on any atom is -0.456 e. The van der Waals surface area contributed by atoms with Gasteiger partial charge in [-0.15, -0.1) is 12.8 Å². The van der Waals surface area contributed by atoms with Crippen molar-refractivity contribution in [1.29, 1.82) is 0 Å². The van der Waals surface area contributed by atoms with Crippen LogP contribution in [0.5, 0.6) is 11.5 Å². The molecular formula is C24H13NO3. The number of carbonyl (C=O) groups is 2. The first-order chi connectivity index (χ1) is 13.6. The molecule has 0 N–H and O–H groups in total. The van der Waals surface area contributed by atoms with Gasteiger partial charge in [0.2, 0.25) is 0 Å². The Labute approximate surface area is 162 Å². The minimum atomic E-state index is -0.460. The van der Waals surface area contributed by atoms with Gasteiger partial charge in [-0.2, -0.15) is 0 Å². The number of anilines is 1. The second kappa shape index (κ2) is 6.79. The summed E-state index contributed by atoms with van der Waals surface area (Å²) >= 11 is 0. The lowest BCUT2D eigenvalue weighted by Gasteiger charge is -2.14. The minimum absolute atomic E-state index is 0.213. The van der Waals surface area contributed by atoms with Gasteiger partial charge in [-0.25, -0.2) is 4.90 Å². The third-order valence-corrected chi connectivity index (χ3v) is 4.38. The van der Waals surface area contributed by atoms with E-state index in [4.69, 9.17) is 17.6 Å². The van der Waals surface area contributed by atoms with Gasteiger partial charge in [-0.3, -0.25) is 9.59 Å². The molecule has 0 unspecified atom stereocenters. The molecule has 4 rings (SSSR count). The highest BCUT2D eigenvalue weighted by atomic mass is 16.5. The number of amides is 2. The van der Waals surface area contributed by atoms with Gasteiger partial charge in [0.1, 0.15) is 11.5 Å². The average molecular weight is 363 g/mol. The summed E-state index contributed by atoms with van der Waals surface area (Å²) in [6, 6.07) is 18.6. The number of terminal acetylenes is 2. The molecule has 4 nitrogen and oxygen atoms in total. The number of carbonyl (C=O) groups excluding carboxylic acids is 2. The number of nitrogens with zero attached hydrogens (tertiary/aromatic N) is 1. The van der Waals surface area contributed by atoms with Gasteiger partial charge in [0.15, 0.2) is 0 Å². The predicted molar refractivity (Wildman–Crippen MR) is 106 cm³/mol. The average Bonchev–Trinajstić information content (AvgIpc) is 2.99. The maximum Gasteiger partial charge on any atom is 0.269 e. The topological polar surface area (TPSA) is 46.6 Å². The van der Waals surface area contributed by atoms with Crippen molar-refractivity contribution in [2.75, 3.05) is 4.90 Å². The summed E-state index contributed by atoms with van der Waals surface area (Å²) in [5.41, 5.74) is 2.14. The highest BCUT2D eigenvalue weighted by Gasteiger charge is 2.39. The molecule has 0 fully saturated rings. The Bertz CT molecular complexity index is 1210. The molecule has 1 aliphatic rings. The molecule has 0 atom stereocenters. The van der Waals surface area contributed by atoms with Crippen LogP contribution in [0.4, 0.5) is 5.69 Å². The van der Waals surface area contributed by atoms with Crippen LogP contribution in [0.3, 0.4) is 0 Å². The number of benzene rings is 3. The van der Waals surface area contributed by atoms with Crippen molar-refractivity contribution in [2.45, 2.75) is 0 Å². The zero-order valence-corrected chi connectivity index (χ0v) is 14.7. The Hall–Kier alpha value is -4.28. The van der Waals surface area contributed by atoms with Crippen molar-refractivity contribution in [3.05, 3.63) is 89.0 Å². The molecule has 4 heteroatoms. The largest absolute Gasteiger partial charge is 0.456 e. The molecule has 1 heterocycles. The van der Waals surface area contributed by atoms with E-state index >= 15 is 0 Å². The van der Waals surface area contributed by atoms with E-state index in [0.29, 0.717) is 28.3 Å². The smallest absolute Gasteiger partial charge is 0.269 e. The van der Waals surface area contributed by atoms with E-state index in [2.05, 4.69) is 11.8 Å². The van der Waals surface area contributed by atoms with Gasteiger partial charge in [-0.05, 0) is 48.5 Å². The van der Waals surface area contributed by atoms with Gasteiger partial charge >= 0.3 is 0 Å². The summed E-state index contributed by atoms with van der Waals surface area (Å²) in [5.74, 6) is 4.94. The van der Waals surface area contributed by atoms with Crippen LogP contribution in [0.2, 0.25) is 0 Å². The van der Waals surface area contributed by atoms with Crippen LogP contribution in [0.25, 0.3) is 0 Å². The summed E-state index contributed by atoms with van der Waals surface area (Å²) in [5, 5.41) is 0. The number of hydrogen-bond acceptors (Lipinski definition) is 3. The molecule has 0 aliphatic carbocycles. The fourth-order valence-electron chi connectivity index (χ4n) is 3.09. The number of rotatable bonds is 3. The van der Waals surface area contributed by atoms with E-state index in [9.17, 15) is 9.59 Å². The van der Waals surface area contributed by atoms with E-state index in [1.807, 2.05) is 0 Å². The van der Waals surface area contributed by atoms with Crippen molar-refractivity contribution in [3.8, 4) is 36.2 Å². The van der Waals surface area contributed by atoms with Crippen LogP contribution in [-0.2, 0) is 0 Å². The van der Waals surface area contributed by atoms with Crippen LogP contribution in [0.1, 0.15) is 31.8 Å². The van der Waals surface area contributed by atoms with Crippen molar-refractivity contribution in [3.63, 3.8) is 0 Å². The van der Waals surface area contributed by atoms with Crippen molar-refractivity contribution in [1.82, 2.24) is 0 Å². The zero-order chi connectivity index (χ0) is 19.7. The molecule has 0 saturated heterocycles. The lowest BCUT2D eigenvalue weighted by molar-refractivity contribution is 0.0925. The summed E-state index contributed by atoms with van der Waals surface area (Å²) in [4.78, 5) is 27.1. The summed E-state index contributed by atoms with van der Waals surface area (Å²) < 4.78 is 5.88. The highest BCUT2D eigenvalue weighted by molar-refractivity contribution is 6.35. The quantitative estimate of drug-likeness (QED) is 0.516. The zero-order valence-electron chi connectivity index (χ0n) is 14.7. The maximum atomic E-state index is 13.1. The summed E-state index contributed by atoms with van der Waals surface area (Å²) in [6.45, 7) is 0. The van der Waals surface area contributed by atoms with Crippen molar-refractivity contribution in [2.24, 2.45) is 0 Å². The van der Waals surface area contributed by atoms with Crippen LogP contribution >= 0.6 is 0 Å². The molecule has 2 amide bonds. The van der Waals surface area contributed by atoms with E-state index in [1.165, 1.54) is 0 Å². The Morgan fingerprint density at radius 3 is 2.21 bits per heavy atom. The third-order valence-electron chi connectivity index (χ3n) is 4.38. The van der Waals surface area contributed by atoms with Crippen molar-refractivity contribution < 1.29 is 14.3 Å². The van der Waals surface area contributed by atoms with Crippen LogP contribution < -0.4 is 9.64 Å². The Kier molecular flexibility index (Phi) is 4.16. The molecule has 28 heavy (non-hydrogen) atoms. The van der Waals surface area contributed by atoms with Gasteiger partial charge in [0.05, 0.1) is 16.8 Å². The molecular weight excluding hydrogens is 350 g/mol. The normalized spacial score (nSPS) is 12.3. The van der Waals surface area contributed by atoms with Gasteiger partial charge in [0, 0.05) is 11.1 Å². The lowest BCUT2D eigenvalue weighted by Crippen LogP contribution is -2.29. The number of imide groups is 1. The second-order valence-electron chi connectivity index (χ2n) is 6.09. The molecule has 132 valence electrons. The third kappa shape index (κ3) is 2.80. The van der Waals surface area contributed by atoms with Crippen LogP contribution in [0, 0.1) is 24.7 Å². The molecule has 0 saturated carbocycles. The Morgan fingerprint density at radius 2 is 1.46 bits per heavy atom. The molecule has 0 bridgehead atoms. The van der Waals surface area contributed by atoms with E-state index in [-0.39, 0.29) is 11.1 Å². The van der Waals surface area contributed by atoms with Crippen LogP contribution in [0.15, 0.2) is 66.7 Å². The first kappa shape index (κ1) is 17.1. The molecule has 3 aromatic carbocycles. The second-order valence-corrected chi connectivity index (χ2v) is 6.09. The fraction of sp³-hybridized carbons (Fsp3) is 0. The van der Waals surface area contributed by atoms with Gasteiger partial charge < -0.3 is 4.74 Å². The first-order valence-corrected chi connectivity index (χ1v) is 8.45. The van der Waals surface area contributed by atoms with Crippen LogP contribution in [-0.4, -0.2) is 11.8 Å².